The number of hydrogen-bond acceptors (Lipinski definition) is 5. The standard InChI is InChI=1S/C20H22ClFN6O/c1-28-19(11-3-2-4-15(21)13(11)7-23)14(9-25-28)10-5-12-17(8-24)26-27-20(29)18(12)16(22)6-10/h2-4,9-10,12,16-18,26H,5-6,8,24H2,1H3,(H,27,29). The molecule has 5 unspecified atom stereocenters. The number of hydrazine groups is 1. The first-order valence-corrected chi connectivity index (χ1v) is 9.94. The minimum absolute atomic E-state index is 0.151. The maximum Gasteiger partial charge on any atom is 0.240 e. The van der Waals surface area contributed by atoms with Crippen LogP contribution in [0.1, 0.15) is 29.9 Å². The average molecular weight is 417 g/mol. The second kappa shape index (κ2) is 7.75. The van der Waals surface area contributed by atoms with Gasteiger partial charge in [-0.25, -0.2) is 9.82 Å². The van der Waals surface area contributed by atoms with Gasteiger partial charge in [0.15, 0.2) is 0 Å². The molecule has 0 bridgehead atoms. The molecule has 1 aromatic carbocycles. The number of aromatic nitrogens is 2. The first-order chi connectivity index (χ1) is 14.0. The summed E-state index contributed by atoms with van der Waals surface area (Å²) in [6.07, 6.45) is 1.27. The van der Waals surface area contributed by atoms with Gasteiger partial charge in [-0.3, -0.25) is 14.9 Å². The van der Waals surface area contributed by atoms with Gasteiger partial charge in [0, 0.05) is 30.8 Å². The van der Waals surface area contributed by atoms with E-state index in [1.165, 1.54) is 0 Å². The van der Waals surface area contributed by atoms with Gasteiger partial charge >= 0.3 is 0 Å². The van der Waals surface area contributed by atoms with Crippen LogP contribution >= 0.6 is 11.6 Å². The number of nitrogens with one attached hydrogen (secondary N) is 2. The Kier molecular flexibility index (Phi) is 5.30. The Hall–Kier alpha value is -2.47. The van der Waals surface area contributed by atoms with Gasteiger partial charge in [-0.05, 0) is 30.7 Å². The van der Waals surface area contributed by atoms with Gasteiger partial charge in [0.25, 0.3) is 0 Å². The Morgan fingerprint density at radius 1 is 1.45 bits per heavy atom. The van der Waals surface area contributed by atoms with Crippen molar-refractivity contribution in [3.63, 3.8) is 0 Å². The van der Waals surface area contributed by atoms with Gasteiger partial charge in [-0.2, -0.15) is 10.4 Å². The van der Waals surface area contributed by atoms with Crippen molar-refractivity contribution in [2.24, 2.45) is 24.6 Å². The van der Waals surface area contributed by atoms with Crippen molar-refractivity contribution < 1.29 is 9.18 Å². The van der Waals surface area contributed by atoms with Gasteiger partial charge < -0.3 is 5.73 Å². The lowest BCUT2D eigenvalue weighted by Crippen LogP contribution is -2.64. The molecule has 4 N–H and O–H groups in total. The van der Waals surface area contributed by atoms with Crippen LogP contribution in [0, 0.1) is 23.2 Å². The molecular formula is C20H22ClFN6O. The molecule has 2 aromatic rings. The molecule has 2 fully saturated rings. The smallest absolute Gasteiger partial charge is 0.240 e. The third kappa shape index (κ3) is 3.29. The normalized spacial score (nSPS) is 29.1. The fourth-order valence-corrected chi connectivity index (χ4v) is 5.01. The topological polar surface area (TPSA) is 109 Å². The van der Waals surface area contributed by atoms with E-state index in [2.05, 4.69) is 22.0 Å². The minimum atomic E-state index is -1.28. The lowest BCUT2D eigenvalue weighted by molar-refractivity contribution is -0.137. The summed E-state index contributed by atoms with van der Waals surface area (Å²) in [5.41, 5.74) is 14.0. The highest BCUT2D eigenvalue weighted by Gasteiger charge is 2.48. The van der Waals surface area contributed by atoms with E-state index < -0.39 is 12.1 Å². The van der Waals surface area contributed by atoms with E-state index in [-0.39, 0.29) is 30.2 Å². The molecule has 1 saturated carbocycles. The summed E-state index contributed by atoms with van der Waals surface area (Å²) < 4.78 is 16.8. The Bertz CT molecular complexity index is 986. The fourth-order valence-electron chi connectivity index (χ4n) is 4.79. The van der Waals surface area contributed by atoms with Crippen molar-refractivity contribution in [1.29, 1.82) is 5.26 Å². The molecule has 4 rings (SSSR count). The quantitative estimate of drug-likeness (QED) is 0.709. The van der Waals surface area contributed by atoms with Gasteiger partial charge in [-0.15, -0.1) is 0 Å². The van der Waals surface area contributed by atoms with Gasteiger partial charge in [0.05, 0.1) is 28.4 Å². The molecule has 1 aliphatic heterocycles. The number of nitrogens with zero attached hydrogens (tertiary/aromatic N) is 3. The van der Waals surface area contributed by atoms with E-state index in [4.69, 9.17) is 17.3 Å². The Morgan fingerprint density at radius 3 is 2.97 bits per heavy atom. The fraction of sp³-hybridized carbons (Fsp3) is 0.450. The SMILES string of the molecule is Cn1ncc(C2CC(F)C3C(=O)NNC(CN)C3C2)c1-c1cccc(Cl)c1C#N. The predicted octanol–water partition coefficient (Wildman–Crippen LogP) is 2.02. The summed E-state index contributed by atoms with van der Waals surface area (Å²) in [6, 6.07) is 7.23. The van der Waals surface area contributed by atoms with Crippen LogP contribution in [0.3, 0.4) is 0 Å². The molecule has 7 nitrogen and oxygen atoms in total. The number of carbonyl (C=O) groups excluding carboxylic acids is 1. The van der Waals surface area contributed by atoms with E-state index in [1.54, 1.807) is 30.1 Å². The number of carbonyl (C=O) groups is 1. The second-order valence-corrected chi connectivity index (χ2v) is 8.10. The van der Waals surface area contributed by atoms with Gasteiger partial charge in [0.1, 0.15) is 12.2 Å². The largest absolute Gasteiger partial charge is 0.329 e. The molecule has 1 saturated heterocycles. The number of amides is 1. The molecule has 29 heavy (non-hydrogen) atoms. The number of alkyl halides is 1. The van der Waals surface area contributed by atoms with Crippen LogP contribution in [0.2, 0.25) is 5.02 Å². The van der Waals surface area contributed by atoms with Crippen LogP contribution in [0.25, 0.3) is 11.3 Å². The summed E-state index contributed by atoms with van der Waals surface area (Å²) in [4.78, 5) is 12.2. The molecule has 0 spiro atoms. The first-order valence-electron chi connectivity index (χ1n) is 9.56. The summed E-state index contributed by atoms with van der Waals surface area (Å²) in [5, 5.41) is 14.3. The van der Waals surface area contributed by atoms with E-state index in [1.807, 2.05) is 6.07 Å². The number of hydrogen-bond donors (Lipinski definition) is 3. The molecule has 152 valence electrons. The highest BCUT2D eigenvalue weighted by molar-refractivity contribution is 6.32. The van der Waals surface area contributed by atoms with E-state index >= 15 is 4.39 Å². The predicted molar refractivity (Wildman–Crippen MR) is 106 cm³/mol. The van der Waals surface area contributed by atoms with E-state index in [0.29, 0.717) is 29.1 Å². The maximum atomic E-state index is 15.1. The molecule has 0 radical (unpaired) electrons. The van der Waals surface area contributed by atoms with Crippen molar-refractivity contribution >= 4 is 17.5 Å². The van der Waals surface area contributed by atoms with Crippen LogP contribution in [-0.2, 0) is 11.8 Å². The summed E-state index contributed by atoms with van der Waals surface area (Å²) in [5.74, 6) is -1.40. The number of aryl methyl sites for hydroxylation is 1. The zero-order valence-corrected chi connectivity index (χ0v) is 16.7. The van der Waals surface area contributed by atoms with Gasteiger partial charge in [-0.1, -0.05) is 23.7 Å². The van der Waals surface area contributed by atoms with E-state index in [9.17, 15) is 10.1 Å². The van der Waals surface area contributed by atoms with Crippen molar-refractivity contribution in [3.05, 3.63) is 40.5 Å². The highest BCUT2D eigenvalue weighted by Crippen LogP contribution is 2.46. The lowest BCUT2D eigenvalue weighted by atomic mass is 9.67. The third-order valence-electron chi connectivity index (χ3n) is 6.16. The molecular weight excluding hydrogens is 395 g/mol. The van der Waals surface area contributed by atoms with Crippen LogP contribution in [0.4, 0.5) is 4.39 Å². The first kappa shape index (κ1) is 19.8. The lowest BCUT2D eigenvalue weighted by Gasteiger charge is -2.44. The Balaban J connectivity index is 1.75. The molecule has 2 heterocycles. The van der Waals surface area contributed by atoms with Crippen molar-refractivity contribution in [3.8, 4) is 17.3 Å². The van der Waals surface area contributed by atoms with Crippen LogP contribution in [-0.4, -0.2) is 34.4 Å². The molecule has 9 heteroatoms. The van der Waals surface area contributed by atoms with E-state index in [0.717, 1.165) is 11.3 Å². The second-order valence-electron chi connectivity index (χ2n) is 7.70. The number of nitrogens with two attached hydrogens (primary N) is 1. The monoisotopic (exact) mass is 416 g/mol. The summed E-state index contributed by atoms with van der Waals surface area (Å²) in [7, 11) is 1.79. The zero-order valence-electron chi connectivity index (χ0n) is 15.9. The van der Waals surface area contributed by atoms with Crippen LogP contribution in [0.15, 0.2) is 24.4 Å². The molecule has 1 aromatic heterocycles. The number of fused-ring (bicyclic) bond motifs is 1. The Morgan fingerprint density at radius 2 is 2.24 bits per heavy atom. The number of rotatable bonds is 3. The number of benzene rings is 1. The number of nitriles is 1. The number of halogens is 2. The van der Waals surface area contributed by atoms with Gasteiger partial charge in [0.2, 0.25) is 5.91 Å². The van der Waals surface area contributed by atoms with Crippen molar-refractivity contribution in [2.75, 3.05) is 6.54 Å². The van der Waals surface area contributed by atoms with Crippen LogP contribution in [0.5, 0.6) is 0 Å². The maximum absolute atomic E-state index is 15.1. The van der Waals surface area contributed by atoms with Crippen molar-refractivity contribution in [2.45, 2.75) is 31.0 Å². The van der Waals surface area contributed by atoms with Crippen molar-refractivity contribution in [1.82, 2.24) is 20.6 Å². The summed E-state index contributed by atoms with van der Waals surface area (Å²) in [6.45, 7) is 0.299. The molecule has 1 amide bonds. The third-order valence-corrected chi connectivity index (χ3v) is 6.47. The molecule has 5 atom stereocenters. The van der Waals surface area contributed by atoms with Crippen LogP contribution < -0.4 is 16.6 Å². The minimum Gasteiger partial charge on any atom is -0.329 e. The highest BCUT2D eigenvalue weighted by atomic mass is 35.5. The zero-order chi connectivity index (χ0) is 20.7. The average Bonchev–Trinajstić information content (AvgIpc) is 3.09. The summed E-state index contributed by atoms with van der Waals surface area (Å²) >= 11 is 6.23. The molecule has 2 aliphatic rings. The Labute approximate surface area is 173 Å². The molecule has 1 aliphatic carbocycles.